The Labute approximate surface area is 137 Å². The van der Waals surface area contributed by atoms with Gasteiger partial charge in [0.25, 0.3) is 0 Å². The lowest BCUT2D eigenvalue weighted by Crippen LogP contribution is -1.94. The van der Waals surface area contributed by atoms with Gasteiger partial charge in [-0.2, -0.15) is 16.4 Å². The number of thiophene rings is 1. The molecule has 0 spiro atoms. The summed E-state index contributed by atoms with van der Waals surface area (Å²) in [6, 6.07) is 12.1. The lowest BCUT2D eigenvalue weighted by molar-refractivity contribution is 0.341. The number of benzene rings is 1. The van der Waals surface area contributed by atoms with Gasteiger partial charge in [0.2, 0.25) is 0 Å². The Morgan fingerprint density at radius 3 is 2.87 bits per heavy atom. The van der Waals surface area contributed by atoms with Gasteiger partial charge in [-0.1, -0.05) is 12.1 Å². The van der Waals surface area contributed by atoms with E-state index in [1.807, 2.05) is 43.5 Å². The zero-order valence-corrected chi connectivity index (χ0v) is 13.4. The van der Waals surface area contributed by atoms with Gasteiger partial charge in [-0.25, -0.2) is 4.98 Å². The topological polar surface area (TPSA) is 50.8 Å². The summed E-state index contributed by atoms with van der Waals surface area (Å²) in [4.78, 5) is 4.42. The van der Waals surface area contributed by atoms with Gasteiger partial charge in [-0.3, -0.25) is 5.10 Å². The van der Waals surface area contributed by atoms with Crippen molar-refractivity contribution in [1.82, 2.24) is 15.2 Å². The number of nitrogens with one attached hydrogen (secondary N) is 1. The Hall–Kier alpha value is -2.66. The number of ether oxygens (including phenoxy) is 1. The monoisotopic (exact) mass is 321 g/mol. The van der Waals surface area contributed by atoms with E-state index in [0.717, 1.165) is 33.6 Å². The molecule has 0 saturated heterocycles. The molecule has 23 heavy (non-hydrogen) atoms. The summed E-state index contributed by atoms with van der Waals surface area (Å²) in [5.74, 6) is 0.837. The predicted molar refractivity (Wildman–Crippen MR) is 93.8 cm³/mol. The number of rotatable bonds is 4. The van der Waals surface area contributed by atoms with Crippen molar-refractivity contribution >= 4 is 22.4 Å². The minimum Gasteiger partial charge on any atom is -0.493 e. The van der Waals surface area contributed by atoms with Crippen LogP contribution in [0.3, 0.4) is 0 Å². The molecule has 0 saturated carbocycles. The molecule has 114 valence electrons. The summed E-state index contributed by atoms with van der Waals surface area (Å²) >= 11 is 1.68. The van der Waals surface area contributed by atoms with E-state index in [0.29, 0.717) is 6.61 Å². The van der Waals surface area contributed by atoms with Gasteiger partial charge >= 0.3 is 0 Å². The molecule has 0 fully saturated rings. The molecule has 0 atom stereocenters. The summed E-state index contributed by atoms with van der Waals surface area (Å²) in [5, 5.41) is 12.8. The lowest BCUT2D eigenvalue weighted by Gasteiger charge is -2.09. The van der Waals surface area contributed by atoms with Crippen LogP contribution < -0.4 is 4.74 Å². The van der Waals surface area contributed by atoms with Gasteiger partial charge in [-0.05, 0) is 53.1 Å². The predicted octanol–water partition coefficient (Wildman–Crippen LogP) is 4.75. The molecule has 3 heterocycles. The van der Waals surface area contributed by atoms with Gasteiger partial charge < -0.3 is 4.74 Å². The number of hydrogen-bond acceptors (Lipinski definition) is 4. The van der Waals surface area contributed by atoms with Crippen molar-refractivity contribution in [1.29, 1.82) is 0 Å². The highest BCUT2D eigenvalue weighted by molar-refractivity contribution is 7.08. The zero-order chi connectivity index (χ0) is 15.6. The molecule has 0 radical (unpaired) electrons. The number of H-pyrrole nitrogens is 1. The van der Waals surface area contributed by atoms with E-state index in [1.54, 1.807) is 11.3 Å². The molecule has 0 bridgehead atoms. The third-order valence-electron chi connectivity index (χ3n) is 3.74. The average molecular weight is 321 g/mol. The maximum Gasteiger partial charge on any atom is 0.156 e. The van der Waals surface area contributed by atoms with Crippen LogP contribution in [0, 0.1) is 0 Å². The summed E-state index contributed by atoms with van der Waals surface area (Å²) in [7, 11) is 0. The first-order valence-corrected chi connectivity index (χ1v) is 8.40. The molecule has 1 N–H and O–H groups in total. The first-order valence-electron chi connectivity index (χ1n) is 7.46. The van der Waals surface area contributed by atoms with Crippen molar-refractivity contribution in [3.05, 3.63) is 53.4 Å². The molecule has 4 nitrogen and oxygen atoms in total. The van der Waals surface area contributed by atoms with Crippen molar-refractivity contribution in [3.8, 4) is 28.1 Å². The summed E-state index contributed by atoms with van der Waals surface area (Å²) in [5.41, 5.74) is 4.95. The largest absolute Gasteiger partial charge is 0.493 e. The molecule has 5 heteroatoms. The van der Waals surface area contributed by atoms with Crippen LogP contribution in [0.25, 0.3) is 33.4 Å². The second-order valence-electron chi connectivity index (χ2n) is 5.10. The number of aromatic nitrogens is 3. The maximum atomic E-state index is 5.77. The van der Waals surface area contributed by atoms with E-state index in [-0.39, 0.29) is 0 Å². The second-order valence-corrected chi connectivity index (χ2v) is 5.88. The molecule has 0 unspecified atom stereocenters. The highest BCUT2D eigenvalue weighted by Gasteiger charge is 2.17. The third kappa shape index (κ3) is 2.39. The Kier molecular flexibility index (Phi) is 3.55. The Bertz CT molecular complexity index is 944. The zero-order valence-electron chi connectivity index (χ0n) is 12.6. The SMILES string of the molecule is CCOc1ccccc1-c1n[nH]c2nccc(-c3ccsc3)c12. The smallest absolute Gasteiger partial charge is 0.156 e. The van der Waals surface area contributed by atoms with Crippen LogP contribution in [0.4, 0.5) is 0 Å². The van der Waals surface area contributed by atoms with Crippen molar-refractivity contribution in [2.75, 3.05) is 6.61 Å². The minimum absolute atomic E-state index is 0.620. The number of para-hydroxylation sites is 1. The molecule has 1 aromatic carbocycles. The van der Waals surface area contributed by atoms with Gasteiger partial charge in [0.05, 0.1) is 12.0 Å². The van der Waals surface area contributed by atoms with Crippen LogP contribution in [0.15, 0.2) is 53.4 Å². The van der Waals surface area contributed by atoms with Crippen LogP contribution in [-0.2, 0) is 0 Å². The average Bonchev–Trinajstić information content (AvgIpc) is 3.25. The van der Waals surface area contributed by atoms with Crippen LogP contribution in [0.2, 0.25) is 0 Å². The Morgan fingerprint density at radius 2 is 2.04 bits per heavy atom. The number of fused-ring (bicyclic) bond motifs is 1. The van der Waals surface area contributed by atoms with E-state index in [2.05, 4.69) is 32.0 Å². The van der Waals surface area contributed by atoms with Crippen LogP contribution in [-0.4, -0.2) is 21.8 Å². The molecule has 0 amide bonds. The minimum atomic E-state index is 0.620. The summed E-state index contributed by atoms with van der Waals surface area (Å²) < 4.78 is 5.77. The maximum absolute atomic E-state index is 5.77. The number of aromatic amines is 1. The third-order valence-corrected chi connectivity index (χ3v) is 4.42. The van der Waals surface area contributed by atoms with Crippen molar-refractivity contribution in [2.24, 2.45) is 0 Å². The van der Waals surface area contributed by atoms with E-state index in [1.165, 1.54) is 5.56 Å². The molecule has 0 aliphatic rings. The van der Waals surface area contributed by atoms with Crippen LogP contribution >= 0.6 is 11.3 Å². The molecular weight excluding hydrogens is 306 g/mol. The Morgan fingerprint density at radius 1 is 1.13 bits per heavy atom. The van der Waals surface area contributed by atoms with Crippen molar-refractivity contribution in [2.45, 2.75) is 6.92 Å². The van der Waals surface area contributed by atoms with E-state index < -0.39 is 0 Å². The summed E-state index contributed by atoms with van der Waals surface area (Å²) in [6.07, 6.45) is 1.81. The number of hydrogen-bond donors (Lipinski definition) is 1. The van der Waals surface area contributed by atoms with Gasteiger partial charge in [0.15, 0.2) is 5.65 Å². The van der Waals surface area contributed by atoms with Crippen molar-refractivity contribution < 1.29 is 4.74 Å². The van der Waals surface area contributed by atoms with Gasteiger partial charge in [-0.15, -0.1) is 0 Å². The standard InChI is InChI=1S/C18H15N3OS/c1-2-22-15-6-4-3-5-14(15)17-16-13(12-8-10-23-11-12)7-9-19-18(16)21-20-17/h3-11H,2H2,1H3,(H,19,20,21). The van der Waals surface area contributed by atoms with Gasteiger partial charge in [0, 0.05) is 11.8 Å². The first kappa shape index (κ1) is 14.0. The molecule has 0 aliphatic heterocycles. The highest BCUT2D eigenvalue weighted by Crippen LogP contribution is 2.38. The molecule has 0 aliphatic carbocycles. The quantitative estimate of drug-likeness (QED) is 0.590. The fourth-order valence-corrected chi connectivity index (χ4v) is 3.40. The molecular formula is C18H15N3OS. The normalized spacial score (nSPS) is 11.0. The lowest BCUT2D eigenvalue weighted by atomic mass is 10.0. The number of nitrogens with zero attached hydrogens (tertiary/aromatic N) is 2. The Balaban J connectivity index is 1.99. The molecule has 3 aromatic heterocycles. The van der Waals surface area contributed by atoms with E-state index >= 15 is 0 Å². The fraction of sp³-hybridized carbons (Fsp3) is 0.111. The number of pyridine rings is 1. The van der Waals surface area contributed by atoms with Crippen LogP contribution in [0.5, 0.6) is 5.75 Å². The fourth-order valence-electron chi connectivity index (χ4n) is 2.75. The molecule has 4 aromatic rings. The molecule has 4 rings (SSSR count). The van der Waals surface area contributed by atoms with Crippen molar-refractivity contribution in [3.63, 3.8) is 0 Å². The first-order chi connectivity index (χ1) is 11.4. The van der Waals surface area contributed by atoms with Gasteiger partial charge in [0.1, 0.15) is 11.4 Å². The van der Waals surface area contributed by atoms with E-state index in [4.69, 9.17) is 4.74 Å². The highest BCUT2D eigenvalue weighted by atomic mass is 32.1. The van der Waals surface area contributed by atoms with Crippen LogP contribution in [0.1, 0.15) is 6.92 Å². The van der Waals surface area contributed by atoms with E-state index in [9.17, 15) is 0 Å². The second kappa shape index (κ2) is 5.85. The summed E-state index contributed by atoms with van der Waals surface area (Å²) in [6.45, 7) is 2.60.